The van der Waals surface area contributed by atoms with Crippen LogP contribution in [0.25, 0.3) is 0 Å². The van der Waals surface area contributed by atoms with Crippen molar-refractivity contribution in [3.05, 3.63) is 12.2 Å². The summed E-state index contributed by atoms with van der Waals surface area (Å²) in [4.78, 5) is 11.2. The Labute approximate surface area is 142 Å². The lowest BCUT2D eigenvalue weighted by Crippen LogP contribution is -2.62. The van der Waals surface area contributed by atoms with Crippen molar-refractivity contribution in [3.63, 3.8) is 0 Å². The van der Waals surface area contributed by atoms with Gasteiger partial charge in [0.15, 0.2) is 0 Å². The Morgan fingerprint density at radius 3 is 2.20 bits per heavy atom. The number of hydrogen-bond donors (Lipinski definition) is 1. The molecule has 2 unspecified atom stereocenters. The molecule has 146 valence electrons. The van der Waals surface area contributed by atoms with Crippen LogP contribution >= 0.6 is 0 Å². The third kappa shape index (κ3) is 5.12. The summed E-state index contributed by atoms with van der Waals surface area (Å²) in [7, 11) is 0. The van der Waals surface area contributed by atoms with Crippen LogP contribution in [0, 0.1) is 11.8 Å². The van der Waals surface area contributed by atoms with E-state index >= 15 is 0 Å². The molecule has 1 aliphatic rings. The minimum atomic E-state index is -5.78. The second kappa shape index (κ2) is 7.97. The largest absolute Gasteiger partial charge is 0.462 e. The normalized spacial score (nSPS) is 22.6. The van der Waals surface area contributed by atoms with Crippen LogP contribution in [0.4, 0.5) is 26.3 Å². The van der Waals surface area contributed by atoms with E-state index in [0.717, 1.165) is 0 Å². The van der Waals surface area contributed by atoms with Crippen LogP contribution in [0.2, 0.25) is 0 Å². The number of carbonyl (C=O) groups is 1. The van der Waals surface area contributed by atoms with Gasteiger partial charge in [-0.3, -0.25) is 0 Å². The Bertz CT molecular complexity index is 469. The fourth-order valence-corrected chi connectivity index (χ4v) is 3.22. The first-order valence-electron chi connectivity index (χ1n) is 7.99. The van der Waals surface area contributed by atoms with E-state index in [0.29, 0.717) is 19.3 Å². The van der Waals surface area contributed by atoms with E-state index < -0.39 is 35.8 Å². The van der Waals surface area contributed by atoms with Crippen molar-refractivity contribution < 1.29 is 41.0 Å². The van der Waals surface area contributed by atoms with Gasteiger partial charge in [-0.2, -0.15) is 26.3 Å². The third-order valence-electron chi connectivity index (χ3n) is 4.58. The number of halogens is 6. The highest BCUT2D eigenvalue weighted by molar-refractivity contribution is 5.86. The van der Waals surface area contributed by atoms with Gasteiger partial charge in [0.2, 0.25) is 0 Å². The van der Waals surface area contributed by atoms with Crippen LogP contribution in [0.3, 0.4) is 0 Å². The summed E-state index contributed by atoms with van der Waals surface area (Å²) < 4.78 is 82.5. The van der Waals surface area contributed by atoms with E-state index in [1.807, 2.05) is 0 Å². The average molecular weight is 376 g/mol. The van der Waals surface area contributed by atoms with E-state index in [-0.39, 0.29) is 31.4 Å². The number of aliphatic hydroxyl groups is 1. The quantitative estimate of drug-likeness (QED) is 0.320. The monoisotopic (exact) mass is 376 g/mol. The van der Waals surface area contributed by atoms with E-state index in [2.05, 4.69) is 6.58 Å². The molecule has 9 heteroatoms. The van der Waals surface area contributed by atoms with Crippen molar-refractivity contribution in [3.8, 4) is 0 Å². The molecular weight excluding hydrogens is 354 g/mol. The molecule has 0 bridgehead atoms. The van der Waals surface area contributed by atoms with Gasteiger partial charge in [-0.25, -0.2) is 4.79 Å². The second-order valence-electron chi connectivity index (χ2n) is 6.55. The van der Waals surface area contributed by atoms with E-state index in [4.69, 9.17) is 4.74 Å². The molecule has 0 aromatic carbocycles. The van der Waals surface area contributed by atoms with Crippen molar-refractivity contribution in [2.75, 3.05) is 6.61 Å². The molecule has 1 rings (SSSR count). The van der Waals surface area contributed by atoms with Crippen LogP contribution in [-0.4, -0.2) is 35.6 Å². The highest BCUT2D eigenvalue weighted by Crippen LogP contribution is 2.52. The number of rotatable bonds is 6. The van der Waals surface area contributed by atoms with Gasteiger partial charge in [0.1, 0.15) is 0 Å². The van der Waals surface area contributed by atoms with Crippen LogP contribution in [0.5, 0.6) is 0 Å². The molecule has 1 N–H and O–H groups in total. The summed E-state index contributed by atoms with van der Waals surface area (Å²) in [5, 5.41) is 9.50. The molecular formula is C16H22F6O3. The molecule has 0 aromatic heterocycles. The van der Waals surface area contributed by atoms with Gasteiger partial charge >= 0.3 is 18.3 Å². The maximum absolute atomic E-state index is 12.9. The Hall–Kier alpha value is -1.25. The smallest absolute Gasteiger partial charge is 0.426 e. The second-order valence-corrected chi connectivity index (χ2v) is 6.55. The lowest BCUT2D eigenvalue weighted by molar-refractivity contribution is -0.387. The molecule has 0 saturated heterocycles. The highest BCUT2D eigenvalue weighted by atomic mass is 19.4. The summed E-state index contributed by atoms with van der Waals surface area (Å²) in [5.41, 5.74) is -4.48. The highest BCUT2D eigenvalue weighted by Gasteiger charge is 2.73. The van der Waals surface area contributed by atoms with Crippen molar-refractivity contribution in [1.82, 2.24) is 0 Å². The SMILES string of the molecule is C=C(C)C(=O)OCCCC1CCCC(C(O)(C(F)(F)F)C(F)(F)F)C1. The zero-order chi connectivity index (χ0) is 19.5. The Morgan fingerprint density at radius 2 is 1.72 bits per heavy atom. The minimum Gasteiger partial charge on any atom is -0.462 e. The summed E-state index contributed by atoms with van der Waals surface area (Å²) in [6.07, 6.45) is -11.0. The van der Waals surface area contributed by atoms with Crippen LogP contribution in [0.15, 0.2) is 12.2 Å². The number of hydrogen-bond acceptors (Lipinski definition) is 3. The lowest BCUT2D eigenvalue weighted by atomic mass is 9.71. The van der Waals surface area contributed by atoms with Gasteiger partial charge < -0.3 is 9.84 Å². The van der Waals surface area contributed by atoms with Gasteiger partial charge in [-0.15, -0.1) is 0 Å². The number of esters is 1. The van der Waals surface area contributed by atoms with E-state index in [1.54, 1.807) is 0 Å². The molecule has 1 saturated carbocycles. The molecule has 2 atom stereocenters. The Morgan fingerprint density at radius 1 is 1.16 bits per heavy atom. The van der Waals surface area contributed by atoms with Crippen LogP contribution in [-0.2, 0) is 9.53 Å². The number of alkyl halides is 6. The maximum atomic E-state index is 12.9. The van der Waals surface area contributed by atoms with E-state index in [1.165, 1.54) is 6.92 Å². The van der Waals surface area contributed by atoms with Crippen molar-refractivity contribution in [2.24, 2.45) is 11.8 Å². The topological polar surface area (TPSA) is 46.5 Å². The Balaban J connectivity index is 2.67. The number of carbonyl (C=O) groups excluding carboxylic acids is 1. The molecule has 1 aliphatic carbocycles. The van der Waals surface area contributed by atoms with Gasteiger partial charge in [0.25, 0.3) is 5.60 Å². The van der Waals surface area contributed by atoms with Gasteiger partial charge in [-0.05, 0) is 38.5 Å². The van der Waals surface area contributed by atoms with E-state index in [9.17, 15) is 36.2 Å². The first-order chi connectivity index (χ1) is 11.3. The standard InChI is InChI=1S/C16H22F6O3/c1-10(2)13(23)25-8-4-6-11-5-3-7-12(9-11)14(24,15(17,18)19)16(20,21)22/h11-12,24H,1,3-9H2,2H3. The molecule has 3 nitrogen and oxygen atoms in total. The fraction of sp³-hybridized carbons (Fsp3) is 0.812. The molecule has 1 fully saturated rings. The summed E-state index contributed by atoms with van der Waals surface area (Å²) in [6, 6.07) is 0. The minimum absolute atomic E-state index is 0.0235. The summed E-state index contributed by atoms with van der Waals surface area (Å²) >= 11 is 0. The van der Waals surface area contributed by atoms with Crippen LogP contribution < -0.4 is 0 Å². The molecule has 0 spiro atoms. The third-order valence-corrected chi connectivity index (χ3v) is 4.58. The molecule has 25 heavy (non-hydrogen) atoms. The maximum Gasteiger partial charge on any atom is 0.426 e. The van der Waals surface area contributed by atoms with Crippen molar-refractivity contribution >= 4 is 5.97 Å². The van der Waals surface area contributed by atoms with Crippen molar-refractivity contribution in [2.45, 2.75) is 63.4 Å². The van der Waals surface area contributed by atoms with Crippen LogP contribution in [0.1, 0.15) is 45.4 Å². The average Bonchev–Trinajstić information content (AvgIpc) is 2.48. The molecule has 0 aromatic rings. The molecule has 0 radical (unpaired) electrons. The van der Waals surface area contributed by atoms with Gasteiger partial charge in [-0.1, -0.05) is 19.4 Å². The first-order valence-corrected chi connectivity index (χ1v) is 7.99. The zero-order valence-corrected chi connectivity index (χ0v) is 13.8. The predicted octanol–water partition coefficient (Wildman–Crippen LogP) is 4.55. The lowest BCUT2D eigenvalue weighted by Gasteiger charge is -2.42. The fourth-order valence-electron chi connectivity index (χ4n) is 3.22. The van der Waals surface area contributed by atoms with Gasteiger partial charge in [0.05, 0.1) is 6.61 Å². The van der Waals surface area contributed by atoms with Crippen molar-refractivity contribution in [1.29, 1.82) is 0 Å². The van der Waals surface area contributed by atoms with Gasteiger partial charge in [0, 0.05) is 11.5 Å². The number of ether oxygens (including phenoxy) is 1. The summed E-state index contributed by atoms with van der Waals surface area (Å²) in [6.45, 7) is 4.88. The molecule has 0 heterocycles. The zero-order valence-electron chi connectivity index (χ0n) is 13.8. The summed E-state index contributed by atoms with van der Waals surface area (Å²) in [5.74, 6) is -2.91. The Kier molecular flexibility index (Phi) is 6.95. The first kappa shape index (κ1) is 21.8. The molecule has 0 amide bonds. The predicted molar refractivity (Wildman–Crippen MR) is 77.5 cm³/mol. The molecule has 0 aliphatic heterocycles.